The SMILES string of the molecule is C/C=S(/NC)c1ccccc1Nc1cc(N=C(N)C=C(NC(C)C)c2cncnc2)ncc1C(F)(F)F. The van der Waals surface area contributed by atoms with Crippen LogP contribution in [0.4, 0.5) is 30.4 Å². The monoisotopic (exact) mass is 530 g/mol. The number of amidine groups is 1. The molecule has 196 valence electrons. The molecule has 0 saturated carbocycles. The van der Waals surface area contributed by atoms with Gasteiger partial charge in [-0.3, -0.25) is 4.72 Å². The lowest BCUT2D eigenvalue weighted by molar-refractivity contribution is -0.137. The Balaban J connectivity index is 2.04. The molecule has 0 spiro atoms. The Kier molecular flexibility index (Phi) is 9.36. The summed E-state index contributed by atoms with van der Waals surface area (Å²) in [6, 6.07) is 8.47. The molecule has 8 nitrogen and oxygen atoms in total. The Morgan fingerprint density at radius 2 is 1.81 bits per heavy atom. The van der Waals surface area contributed by atoms with Crippen molar-refractivity contribution >= 4 is 44.8 Å². The lowest BCUT2D eigenvalue weighted by atomic mass is 10.2. The molecular formula is C25H29F3N8S. The standard InChI is InChI=1S/C25H29F3N8S/c1-5-37(30-4)22-9-7-6-8-19(22)35-21-11-24(33-14-18(21)25(26,27)28)36-23(29)10-20(34-16(2)3)17-12-31-15-32-13-17/h5-16,30,34H,1-4H3,(H3,29,33,35,36). The van der Waals surface area contributed by atoms with Gasteiger partial charge in [0, 0.05) is 52.9 Å². The minimum atomic E-state index is -4.62. The zero-order valence-electron chi connectivity index (χ0n) is 20.8. The Bertz CT molecular complexity index is 1300. The van der Waals surface area contributed by atoms with E-state index in [1.807, 2.05) is 38.3 Å². The molecule has 3 aromatic rings. The van der Waals surface area contributed by atoms with E-state index in [2.05, 4.69) is 35.3 Å². The number of benzene rings is 1. The van der Waals surface area contributed by atoms with E-state index in [4.69, 9.17) is 5.73 Å². The van der Waals surface area contributed by atoms with Crippen LogP contribution in [0, 0.1) is 0 Å². The first-order valence-corrected chi connectivity index (χ1v) is 12.6. The number of aliphatic imine (C=N–C) groups is 1. The molecule has 2 aromatic heterocycles. The van der Waals surface area contributed by atoms with Crippen LogP contribution in [-0.4, -0.2) is 39.2 Å². The molecule has 37 heavy (non-hydrogen) atoms. The van der Waals surface area contributed by atoms with E-state index in [-0.39, 0.29) is 23.4 Å². The van der Waals surface area contributed by atoms with Gasteiger partial charge in [-0.15, -0.1) is 0 Å². The Morgan fingerprint density at radius 1 is 1.11 bits per heavy atom. The summed E-state index contributed by atoms with van der Waals surface area (Å²) in [5, 5.41) is 8.13. The molecular weight excluding hydrogens is 501 g/mol. The van der Waals surface area contributed by atoms with E-state index in [1.165, 1.54) is 12.4 Å². The van der Waals surface area contributed by atoms with Crippen molar-refractivity contribution in [1.29, 1.82) is 0 Å². The summed E-state index contributed by atoms with van der Waals surface area (Å²) >= 11 is 0. The number of nitrogens with one attached hydrogen (secondary N) is 3. The highest BCUT2D eigenvalue weighted by Crippen LogP contribution is 2.39. The van der Waals surface area contributed by atoms with E-state index >= 15 is 0 Å². The fourth-order valence-corrected chi connectivity index (χ4v) is 4.66. The molecule has 0 bridgehead atoms. The number of nitrogens with zero attached hydrogens (tertiary/aromatic N) is 4. The van der Waals surface area contributed by atoms with Gasteiger partial charge in [-0.1, -0.05) is 22.8 Å². The van der Waals surface area contributed by atoms with Crippen LogP contribution >= 0.6 is 10.7 Å². The number of anilines is 2. The summed E-state index contributed by atoms with van der Waals surface area (Å²) in [5.41, 5.74) is 6.88. The van der Waals surface area contributed by atoms with Gasteiger partial charge in [0.2, 0.25) is 0 Å². The van der Waals surface area contributed by atoms with Crippen molar-refractivity contribution in [3.8, 4) is 0 Å². The average molecular weight is 531 g/mol. The van der Waals surface area contributed by atoms with Crippen LogP contribution in [0.5, 0.6) is 0 Å². The molecule has 5 N–H and O–H groups in total. The van der Waals surface area contributed by atoms with Gasteiger partial charge in [0.25, 0.3) is 0 Å². The number of hydrogen-bond donors (Lipinski definition) is 4. The van der Waals surface area contributed by atoms with E-state index in [0.717, 1.165) is 11.1 Å². The van der Waals surface area contributed by atoms with Gasteiger partial charge < -0.3 is 16.4 Å². The molecule has 0 saturated heterocycles. The summed E-state index contributed by atoms with van der Waals surface area (Å²) in [7, 11) is 1.33. The first-order valence-electron chi connectivity index (χ1n) is 11.3. The van der Waals surface area contributed by atoms with Crippen LogP contribution < -0.4 is 21.1 Å². The maximum absolute atomic E-state index is 13.8. The predicted molar refractivity (Wildman–Crippen MR) is 145 cm³/mol. The third-order valence-corrected chi connectivity index (χ3v) is 6.64. The Labute approximate surface area is 216 Å². The van der Waals surface area contributed by atoms with Crippen molar-refractivity contribution in [2.24, 2.45) is 10.7 Å². The van der Waals surface area contributed by atoms with Crippen LogP contribution in [0.3, 0.4) is 0 Å². The molecule has 0 fully saturated rings. The van der Waals surface area contributed by atoms with Crippen LogP contribution in [0.2, 0.25) is 0 Å². The van der Waals surface area contributed by atoms with Crippen LogP contribution in [0.25, 0.3) is 5.70 Å². The maximum atomic E-state index is 13.8. The van der Waals surface area contributed by atoms with E-state index < -0.39 is 22.4 Å². The molecule has 0 aliphatic heterocycles. The largest absolute Gasteiger partial charge is 0.419 e. The molecule has 12 heteroatoms. The van der Waals surface area contributed by atoms with Crippen LogP contribution in [0.1, 0.15) is 31.9 Å². The highest BCUT2D eigenvalue weighted by atomic mass is 32.2. The molecule has 0 aliphatic carbocycles. The highest BCUT2D eigenvalue weighted by Gasteiger charge is 2.34. The Morgan fingerprint density at radius 3 is 2.43 bits per heavy atom. The fraction of sp³-hybridized carbons (Fsp3) is 0.240. The molecule has 1 aromatic carbocycles. The predicted octanol–water partition coefficient (Wildman–Crippen LogP) is 5.25. The van der Waals surface area contributed by atoms with Gasteiger partial charge in [0.05, 0.1) is 16.9 Å². The second-order valence-corrected chi connectivity index (χ2v) is 10.0. The van der Waals surface area contributed by atoms with E-state index in [0.29, 0.717) is 16.9 Å². The van der Waals surface area contributed by atoms with Gasteiger partial charge in [0.15, 0.2) is 5.82 Å². The number of hydrogen-bond acceptors (Lipinski definition) is 7. The summed E-state index contributed by atoms with van der Waals surface area (Å²) in [4.78, 5) is 17.0. The third kappa shape index (κ3) is 7.61. The van der Waals surface area contributed by atoms with Crippen molar-refractivity contribution in [3.05, 3.63) is 72.5 Å². The van der Waals surface area contributed by atoms with Crippen molar-refractivity contribution < 1.29 is 13.2 Å². The van der Waals surface area contributed by atoms with E-state index in [9.17, 15) is 13.2 Å². The third-order valence-electron chi connectivity index (χ3n) is 4.90. The zero-order chi connectivity index (χ0) is 27.0. The van der Waals surface area contributed by atoms with Crippen LogP contribution in [-0.2, 0) is 6.18 Å². The number of pyridine rings is 1. The quantitative estimate of drug-likeness (QED) is 0.170. The lowest BCUT2D eigenvalue weighted by Crippen LogP contribution is -2.23. The minimum absolute atomic E-state index is 0.0182. The molecule has 1 atom stereocenters. The normalized spacial score (nSPS) is 13.6. The molecule has 0 amide bonds. The van der Waals surface area contributed by atoms with Gasteiger partial charge in [-0.2, -0.15) is 13.2 Å². The first-order chi connectivity index (χ1) is 17.6. The molecule has 2 heterocycles. The first kappa shape index (κ1) is 27.8. The molecule has 0 radical (unpaired) electrons. The number of para-hydroxylation sites is 1. The number of nitrogens with two attached hydrogens (primary N) is 1. The summed E-state index contributed by atoms with van der Waals surface area (Å²) in [5.74, 6) is 0.0625. The number of halogens is 3. The van der Waals surface area contributed by atoms with Crippen molar-refractivity contribution in [1.82, 2.24) is 25.0 Å². The second kappa shape index (κ2) is 12.5. The summed E-state index contributed by atoms with van der Waals surface area (Å²) in [6.45, 7) is 5.79. The average Bonchev–Trinajstić information content (AvgIpc) is 2.85. The van der Waals surface area contributed by atoms with Gasteiger partial charge in [0.1, 0.15) is 12.2 Å². The second-order valence-electron chi connectivity index (χ2n) is 8.01. The van der Waals surface area contributed by atoms with Crippen molar-refractivity contribution in [2.75, 3.05) is 12.4 Å². The number of rotatable bonds is 9. The number of aromatic nitrogens is 3. The summed E-state index contributed by atoms with van der Waals surface area (Å²) in [6.07, 6.45) is 2.33. The topological polar surface area (TPSA) is 113 Å². The molecule has 1 unspecified atom stereocenters. The highest BCUT2D eigenvalue weighted by molar-refractivity contribution is 8.13. The number of alkyl halides is 3. The fourth-order valence-electron chi connectivity index (χ4n) is 3.37. The van der Waals surface area contributed by atoms with Gasteiger partial charge >= 0.3 is 6.18 Å². The zero-order valence-corrected chi connectivity index (χ0v) is 21.7. The van der Waals surface area contributed by atoms with Gasteiger partial charge in [-0.05, 0) is 45.3 Å². The van der Waals surface area contributed by atoms with Gasteiger partial charge in [-0.25, -0.2) is 19.9 Å². The Hall–Kier alpha value is -3.77. The van der Waals surface area contributed by atoms with Crippen molar-refractivity contribution in [2.45, 2.75) is 37.9 Å². The van der Waals surface area contributed by atoms with Crippen LogP contribution in [0.15, 0.2) is 71.2 Å². The van der Waals surface area contributed by atoms with E-state index in [1.54, 1.807) is 37.7 Å². The summed E-state index contributed by atoms with van der Waals surface area (Å²) < 4.78 is 44.7. The lowest BCUT2D eigenvalue weighted by Gasteiger charge is -2.18. The molecule has 3 rings (SSSR count). The van der Waals surface area contributed by atoms with Crippen molar-refractivity contribution in [3.63, 3.8) is 0 Å². The molecule has 0 aliphatic rings. The minimum Gasteiger partial charge on any atom is -0.384 e. The smallest absolute Gasteiger partial charge is 0.384 e. The maximum Gasteiger partial charge on any atom is 0.419 e.